The van der Waals surface area contributed by atoms with Crippen molar-refractivity contribution in [3.8, 4) is 0 Å². The molecule has 166 valence electrons. The Morgan fingerprint density at radius 3 is 1.18 bits per heavy atom. The molecule has 0 saturated carbocycles. The molecule has 0 aromatic carbocycles. The molecule has 0 rings (SSSR count). The third kappa shape index (κ3) is 3.46. The number of carbonyl (C=O) groups is 1. The van der Waals surface area contributed by atoms with Crippen molar-refractivity contribution in [2.75, 3.05) is 0 Å². The summed E-state index contributed by atoms with van der Waals surface area (Å²) < 4.78 is 195. The smallest absolute Gasteiger partial charge is 0.413 e. The van der Waals surface area contributed by atoms with Crippen molar-refractivity contribution < 1.29 is 75.4 Å². The van der Waals surface area contributed by atoms with E-state index < -0.39 is 53.4 Å². The van der Waals surface area contributed by atoms with Gasteiger partial charge in [0.25, 0.3) is 0 Å². The van der Waals surface area contributed by atoms with E-state index in [9.17, 15) is 70.7 Å². The number of ether oxygens (including phenoxy) is 1. The topological polar surface area (TPSA) is 26.3 Å². The predicted octanol–water partition coefficient (Wildman–Crippen LogP) is 5.44. The molecule has 1 unspecified atom stereocenters. The second-order valence-corrected chi connectivity index (χ2v) is 5.07. The lowest BCUT2D eigenvalue weighted by Crippen LogP contribution is -2.77. The van der Waals surface area contributed by atoms with E-state index in [1.807, 2.05) is 0 Å². The maximum atomic E-state index is 14.1. The highest BCUT2D eigenvalue weighted by molar-refractivity contribution is 5.87. The highest BCUT2D eigenvalue weighted by Gasteiger charge is 2.96. The Morgan fingerprint density at radius 2 is 0.964 bits per heavy atom. The largest absolute Gasteiger partial charge is 0.461 e. The van der Waals surface area contributed by atoms with Crippen LogP contribution in [-0.4, -0.2) is 47.9 Å². The van der Waals surface area contributed by atoms with Gasteiger partial charge in [-0.2, -0.15) is 61.5 Å². The Balaban J connectivity index is 7.23. The first-order valence-electron chi connectivity index (χ1n) is 6.05. The van der Waals surface area contributed by atoms with Crippen molar-refractivity contribution in [2.45, 2.75) is 48.8 Å². The monoisotopic (exact) mass is 454 g/mol. The summed E-state index contributed by atoms with van der Waals surface area (Å²) in [5.74, 6) is -27.2. The van der Waals surface area contributed by atoms with Crippen molar-refractivity contribution in [1.29, 1.82) is 0 Å². The van der Waals surface area contributed by atoms with Gasteiger partial charge in [0.1, 0.15) is 0 Å². The minimum Gasteiger partial charge on any atom is -0.413 e. The molecule has 0 spiro atoms. The Kier molecular flexibility index (Phi) is 6.17. The third-order valence-corrected chi connectivity index (χ3v) is 2.96. The van der Waals surface area contributed by atoms with E-state index in [1.54, 1.807) is 0 Å². The molecule has 0 bridgehead atoms. The van der Waals surface area contributed by atoms with E-state index in [1.165, 1.54) is 0 Å². The molecule has 1 atom stereocenters. The Bertz CT molecular complexity index is 611. The fraction of sp³-hybridized carbons (Fsp3) is 0.727. The minimum atomic E-state index is -8.40. The van der Waals surface area contributed by atoms with E-state index in [4.69, 9.17) is 0 Å². The first kappa shape index (κ1) is 26.2. The Morgan fingerprint density at radius 1 is 0.643 bits per heavy atom. The lowest BCUT2D eigenvalue weighted by molar-refractivity contribution is -0.478. The van der Waals surface area contributed by atoms with Crippen LogP contribution in [0, 0.1) is 0 Å². The number of rotatable bonds is 5. The molecule has 0 fully saturated rings. The molecule has 0 aromatic heterocycles. The van der Waals surface area contributed by atoms with Crippen LogP contribution in [0.3, 0.4) is 0 Å². The normalized spacial score (nSPS) is 17.1. The SMILES string of the molecule is C=C(C)C(=O)OC(F)(C(F)(F)C(F)(F)F)C(F)(F)C(F)(C(F)(F)F)C(F)(F)F. The number of hydrogen-bond acceptors (Lipinski definition) is 2. The highest BCUT2D eigenvalue weighted by atomic mass is 19.4. The molecule has 0 saturated heterocycles. The van der Waals surface area contributed by atoms with Crippen LogP contribution in [0.25, 0.3) is 0 Å². The molecule has 17 heteroatoms. The number of alkyl halides is 15. The van der Waals surface area contributed by atoms with Gasteiger partial charge >= 0.3 is 47.9 Å². The summed E-state index contributed by atoms with van der Waals surface area (Å²) in [5, 5.41) is 0. The van der Waals surface area contributed by atoms with Crippen molar-refractivity contribution in [3.05, 3.63) is 12.2 Å². The second-order valence-electron chi connectivity index (χ2n) is 5.07. The molecule has 0 aromatic rings. The lowest BCUT2D eigenvalue weighted by atomic mass is 9.86. The van der Waals surface area contributed by atoms with E-state index in [2.05, 4.69) is 11.3 Å². The van der Waals surface area contributed by atoms with Gasteiger partial charge in [0.05, 0.1) is 0 Å². The number of carbonyl (C=O) groups excluding carboxylic acids is 1. The summed E-state index contributed by atoms with van der Waals surface area (Å²) >= 11 is 0. The molecule has 2 nitrogen and oxygen atoms in total. The zero-order valence-electron chi connectivity index (χ0n) is 12.7. The molecule has 0 amide bonds. The van der Waals surface area contributed by atoms with Crippen LogP contribution in [0.4, 0.5) is 65.9 Å². The van der Waals surface area contributed by atoms with Crippen LogP contribution in [0.15, 0.2) is 12.2 Å². The zero-order valence-corrected chi connectivity index (χ0v) is 12.7. The maximum absolute atomic E-state index is 14.1. The van der Waals surface area contributed by atoms with Crippen LogP contribution < -0.4 is 0 Å². The summed E-state index contributed by atoms with van der Waals surface area (Å²) in [6.45, 7) is 2.63. The van der Waals surface area contributed by atoms with Gasteiger partial charge in [0.2, 0.25) is 0 Å². The average Bonchev–Trinajstić information content (AvgIpc) is 2.41. The first-order chi connectivity index (χ1) is 11.8. The number of halogens is 15. The number of hydrogen-bond donors (Lipinski definition) is 0. The van der Waals surface area contributed by atoms with Gasteiger partial charge in [0.15, 0.2) is 0 Å². The van der Waals surface area contributed by atoms with E-state index in [0.29, 0.717) is 0 Å². The Labute approximate surface area is 143 Å². The molecule has 0 radical (unpaired) electrons. The van der Waals surface area contributed by atoms with Crippen LogP contribution in [0.5, 0.6) is 0 Å². The quantitative estimate of drug-likeness (QED) is 0.315. The first-order valence-corrected chi connectivity index (χ1v) is 6.05. The summed E-state index contributed by atoms with van der Waals surface area (Å²) in [7, 11) is 0. The highest BCUT2D eigenvalue weighted by Crippen LogP contribution is 2.63. The molecule has 0 aliphatic carbocycles. The van der Waals surface area contributed by atoms with Gasteiger partial charge in [-0.1, -0.05) is 6.58 Å². The molecule has 0 N–H and O–H groups in total. The lowest BCUT2D eigenvalue weighted by Gasteiger charge is -2.44. The van der Waals surface area contributed by atoms with Gasteiger partial charge in [-0.3, -0.25) is 0 Å². The van der Waals surface area contributed by atoms with Gasteiger partial charge in [-0.05, 0) is 6.92 Å². The molecule has 0 heterocycles. The Hall–Kier alpha value is -1.84. The van der Waals surface area contributed by atoms with Crippen LogP contribution in [0.1, 0.15) is 6.92 Å². The van der Waals surface area contributed by atoms with Gasteiger partial charge in [-0.25, -0.2) is 9.18 Å². The minimum absolute atomic E-state index is 0.253. The van der Waals surface area contributed by atoms with Crippen molar-refractivity contribution in [2.24, 2.45) is 0 Å². The van der Waals surface area contributed by atoms with Crippen LogP contribution in [0.2, 0.25) is 0 Å². The third-order valence-electron chi connectivity index (χ3n) is 2.96. The maximum Gasteiger partial charge on any atom is 0.461 e. The van der Waals surface area contributed by atoms with Gasteiger partial charge in [0, 0.05) is 5.57 Å². The molecular weight excluding hydrogens is 449 g/mol. The standard InChI is InChI=1S/C11H5F15O2/c1-3(2)4(27)28-8(17,7(15,16)11(24,25)26)6(13,14)5(12,9(18,19)20)10(21,22)23/h1H2,2H3. The molecule has 0 aliphatic rings. The van der Waals surface area contributed by atoms with Crippen molar-refractivity contribution >= 4 is 5.97 Å². The average molecular weight is 454 g/mol. The van der Waals surface area contributed by atoms with Crippen LogP contribution >= 0.6 is 0 Å². The number of esters is 1. The summed E-state index contributed by atoms with van der Waals surface area (Å²) in [6.07, 6.45) is -23.7. The molecule has 0 aliphatic heterocycles. The van der Waals surface area contributed by atoms with E-state index in [0.717, 1.165) is 0 Å². The summed E-state index contributed by atoms with van der Waals surface area (Å²) in [5.41, 5.74) is -9.86. The fourth-order valence-corrected chi connectivity index (χ4v) is 1.46. The van der Waals surface area contributed by atoms with Gasteiger partial charge < -0.3 is 4.74 Å². The fourth-order valence-electron chi connectivity index (χ4n) is 1.46. The predicted molar refractivity (Wildman–Crippen MR) is 56.6 cm³/mol. The van der Waals surface area contributed by atoms with Crippen molar-refractivity contribution in [3.63, 3.8) is 0 Å². The second kappa shape index (κ2) is 6.60. The van der Waals surface area contributed by atoms with Crippen molar-refractivity contribution in [1.82, 2.24) is 0 Å². The zero-order chi connectivity index (χ0) is 23.4. The van der Waals surface area contributed by atoms with E-state index in [-0.39, 0.29) is 6.92 Å². The summed E-state index contributed by atoms with van der Waals surface area (Å²) in [6, 6.07) is 0. The summed E-state index contributed by atoms with van der Waals surface area (Å²) in [4.78, 5) is 10.9. The van der Waals surface area contributed by atoms with Gasteiger partial charge in [-0.15, -0.1) is 0 Å². The van der Waals surface area contributed by atoms with Crippen LogP contribution in [-0.2, 0) is 9.53 Å². The molecule has 28 heavy (non-hydrogen) atoms. The van der Waals surface area contributed by atoms with E-state index >= 15 is 0 Å². The molecular formula is C11H5F15O2.